The molecule has 0 aliphatic heterocycles. The van der Waals surface area contributed by atoms with Crippen LogP contribution >= 0.6 is 0 Å². The first-order chi connectivity index (χ1) is 10.6. The Balaban J connectivity index is 2.30. The summed E-state index contributed by atoms with van der Waals surface area (Å²) in [5.74, 6) is -3.65. The molecule has 0 bridgehead atoms. The number of aliphatic hydroxyl groups is 1. The van der Waals surface area contributed by atoms with Gasteiger partial charge in [0, 0.05) is 31.9 Å². The molecule has 1 aromatic heterocycles. The van der Waals surface area contributed by atoms with Crippen molar-refractivity contribution >= 4 is 0 Å². The fourth-order valence-corrected chi connectivity index (χ4v) is 2.34. The highest BCUT2D eigenvalue weighted by molar-refractivity contribution is 5.34. The third kappa shape index (κ3) is 4.79. The van der Waals surface area contributed by atoms with Crippen molar-refractivity contribution in [1.82, 2.24) is 4.98 Å². The van der Waals surface area contributed by atoms with E-state index in [2.05, 4.69) is 9.72 Å². The van der Waals surface area contributed by atoms with Gasteiger partial charge < -0.3 is 9.84 Å². The smallest absolute Gasteiger partial charge is 0.394 e. The quantitative estimate of drug-likeness (QED) is 0.826. The molecular weight excluding hydrogens is 314 g/mol. The molecule has 3 nitrogen and oxygen atoms in total. The molecule has 23 heavy (non-hydrogen) atoms. The molecule has 1 aromatic rings. The largest absolute Gasteiger partial charge is 0.437 e. The molecular formula is C16H17F4NO2. The van der Waals surface area contributed by atoms with Gasteiger partial charge in [-0.1, -0.05) is 12.1 Å². The van der Waals surface area contributed by atoms with Gasteiger partial charge >= 0.3 is 6.11 Å². The van der Waals surface area contributed by atoms with E-state index in [1.807, 2.05) is 0 Å². The molecule has 1 atom stereocenters. The average molecular weight is 331 g/mol. The third-order valence-corrected chi connectivity index (χ3v) is 3.28. The summed E-state index contributed by atoms with van der Waals surface area (Å²) < 4.78 is 57.4. The van der Waals surface area contributed by atoms with Gasteiger partial charge in [-0.3, -0.25) is 4.98 Å². The van der Waals surface area contributed by atoms with Crippen LogP contribution in [0.25, 0.3) is 0 Å². The van der Waals surface area contributed by atoms with Gasteiger partial charge in [0.05, 0.1) is 6.61 Å². The molecule has 1 unspecified atom stereocenters. The number of rotatable bonds is 5. The molecule has 126 valence electrons. The predicted octanol–water partition coefficient (Wildman–Crippen LogP) is 4.11. The average Bonchev–Trinajstić information content (AvgIpc) is 2.44. The van der Waals surface area contributed by atoms with Crippen molar-refractivity contribution in [2.24, 2.45) is 0 Å². The van der Waals surface area contributed by atoms with E-state index in [-0.39, 0.29) is 18.8 Å². The number of alkyl halides is 4. The summed E-state index contributed by atoms with van der Waals surface area (Å²) in [6, 6.07) is 4.18. The number of hydrogen-bond acceptors (Lipinski definition) is 3. The molecule has 2 rings (SSSR count). The van der Waals surface area contributed by atoms with Crippen LogP contribution in [0.3, 0.4) is 0 Å². The number of nitrogens with zero attached hydrogens (tertiary/aromatic N) is 1. The number of aromatic nitrogens is 1. The van der Waals surface area contributed by atoms with Gasteiger partial charge in [-0.2, -0.15) is 17.6 Å². The van der Waals surface area contributed by atoms with Crippen LogP contribution < -0.4 is 0 Å². The minimum Gasteiger partial charge on any atom is -0.437 e. The molecule has 0 saturated carbocycles. The highest BCUT2D eigenvalue weighted by Gasteiger charge is 2.30. The maximum atomic E-state index is 13.4. The lowest BCUT2D eigenvalue weighted by Crippen LogP contribution is -2.19. The molecule has 0 amide bonds. The van der Waals surface area contributed by atoms with E-state index in [4.69, 9.17) is 0 Å². The molecule has 1 N–H and O–H groups in total. The molecule has 0 fully saturated rings. The Bertz CT molecular complexity index is 630. The van der Waals surface area contributed by atoms with Crippen molar-refractivity contribution in [3.05, 3.63) is 53.1 Å². The number of aliphatic hydroxyl groups excluding tert-OH is 1. The fraction of sp³-hybridized carbons (Fsp3) is 0.438. The van der Waals surface area contributed by atoms with Crippen LogP contribution in [0.5, 0.6) is 0 Å². The summed E-state index contributed by atoms with van der Waals surface area (Å²) in [7, 11) is 0. The van der Waals surface area contributed by atoms with Gasteiger partial charge in [-0.15, -0.1) is 0 Å². The van der Waals surface area contributed by atoms with Gasteiger partial charge in [0.1, 0.15) is 11.5 Å². The zero-order chi connectivity index (χ0) is 17.3. The molecule has 7 heteroatoms. The van der Waals surface area contributed by atoms with Crippen LogP contribution in [0.2, 0.25) is 0 Å². The topological polar surface area (TPSA) is 42.4 Å². The van der Waals surface area contributed by atoms with Crippen molar-refractivity contribution in [2.45, 2.75) is 38.2 Å². The number of allylic oxidation sites excluding steroid dienone is 2. The minimum absolute atomic E-state index is 0.0236. The Morgan fingerprint density at radius 2 is 1.96 bits per heavy atom. The van der Waals surface area contributed by atoms with E-state index < -0.39 is 23.6 Å². The van der Waals surface area contributed by atoms with E-state index in [1.165, 1.54) is 18.2 Å². The van der Waals surface area contributed by atoms with Crippen LogP contribution in [-0.4, -0.2) is 22.8 Å². The second kappa shape index (κ2) is 6.31. The summed E-state index contributed by atoms with van der Waals surface area (Å²) in [4.78, 5) is 3.92. The van der Waals surface area contributed by atoms with Gasteiger partial charge in [-0.25, -0.2) is 0 Å². The summed E-state index contributed by atoms with van der Waals surface area (Å²) in [6.07, 6.45) is -0.370. The fourth-order valence-electron chi connectivity index (χ4n) is 2.34. The maximum Gasteiger partial charge on any atom is 0.394 e. The normalized spacial score (nSPS) is 19.2. The van der Waals surface area contributed by atoms with Gasteiger partial charge in [0.15, 0.2) is 0 Å². The summed E-state index contributed by atoms with van der Waals surface area (Å²) in [5.41, 5.74) is 0.284. The first kappa shape index (κ1) is 17.5. The number of pyridine rings is 1. The molecule has 1 aliphatic rings. The second-order valence-electron chi connectivity index (χ2n) is 5.57. The third-order valence-electron chi connectivity index (χ3n) is 3.28. The lowest BCUT2D eigenvalue weighted by Gasteiger charge is -2.24. The zero-order valence-electron chi connectivity index (χ0n) is 12.7. The predicted molar refractivity (Wildman–Crippen MR) is 76.1 cm³/mol. The maximum absolute atomic E-state index is 13.4. The van der Waals surface area contributed by atoms with Crippen molar-refractivity contribution in [3.63, 3.8) is 0 Å². The van der Waals surface area contributed by atoms with E-state index in [9.17, 15) is 22.7 Å². The molecule has 0 spiro atoms. The number of halogens is 4. The van der Waals surface area contributed by atoms with E-state index in [0.717, 1.165) is 6.92 Å². The lowest BCUT2D eigenvalue weighted by atomic mass is 9.91. The van der Waals surface area contributed by atoms with Gasteiger partial charge in [0.2, 0.25) is 0 Å². The van der Waals surface area contributed by atoms with Gasteiger partial charge in [0.25, 0.3) is 5.92 Å². The number of ether oxygens (including phenoxy) is 1. The lowest BCUT2D eigenvalue weighted by molar-refractivity contribution is -0.200. The van der Waals surface area contributed by atoms with E-state index in [0.29, 0.717) is 18.2 Å². The van der Waals surface area contributed by atoms with Crippen molar-refractivity contribution < 1.29 is 27.4 Å². The molecule has 0 saturated heterocycles. The standard InChI is InChI=1S/C16H17F4NO2/c1-15(17,18)14-5-3-4-13(21-14)11-6-10(9-22)7-12(8-11)23-16(2,19)20/h3-7,11,22H,8-9H2,1-2H3. The van der Waals surface area contributed by atoms with Crippen LogP contribution in [0.1, 0.15) is 37.6 Å². The number of hydrogen-bond donors (Lipinski definition) is 1. The minimum atomic E-state index is -3.36. The van der Waals surface area contributed by atoms with E-state index in [1.54, 1.807) is 12.1 Å². The van der Waals surface area contributed by atoms with Crippen molar-refractivity contribution in [3.8, 4) is 0 Å². The van der Waals surface area contributed by atoms with Gasteiger partial charge in [-0.05, 0) is 23.8 Å². The monoisotopic (exact) mass is 331 g/mol. The first-order valence-corrected chi connectivity index (χ1v) is 7.03. The Labute approximate surface area is 131 Å². The Kier molecular flexibility index (Phi) is 4.79. The SMILES string of the molecule is CC(F)(F)OC1=CC(CO)=CC(c2cccc(C(C)(F)F)n2)C1. The van der Waals surface area contributed by atoms with E-state index >= 15 is 0 Å². The van der Waals surface area contributed by atoms with Crippen LogP contribution in [0, 0.1) is 0 Å². The summed E-state index contributed by atoms with van der Waals surface area (Å²) in [6.45, 7) is 0.972. The summed E-state index contributed by atoms with van der Waals surface area (Å²) >= 11 is 0. The van der Waals surface area contributed by atoms with Crippen LogP contribution in [0.15, 0.2) is 41.7 Å². The van der Waals surface area contributed by atoms with Crippen LogP contribution in [0.4, 0.5) is 17.6 Å². The molecule has 0 aromatic carbocycles. The Morgan fingerprint density at radius 1 is 1.26 bits per heavy atom. The second-order valence-corrected chi connectivity index (χ2v) is 5.57. The van der Waals surface area contributed by atoms with Crippen molar-refractivity contribution in [2.75, 3.05) is 6.61 Å². The zero-order valence-corrected chi connectivity index (χ0v) is 12.7. The van der Waals surface area contributed by atoms with Crippen molar-refractivity contribution in [1.29, 1.82) is 0 Å². The highest BCUT2D eigenvalue weighted by atomic mass is 19.3. The molecule has 1 heterocycles. The molecule has 1 aliphatic carbocycles. The van der Waals surface area contributed by atoms with Crippen LogP contribution in [-0.2, 0) is 10.7 Å². The first-order valence-electron chi connectivity index (χ1n) is 7.03. The summed E-state index contributed by atoms with van der Waals surface area (Å²) in [5, 5.41) is 9.26. The molecule has 0 radical (unpaired) electrons. The highest BCUT2D eigenvalue weighted by Crippen LogP contribution is 2.34. The Morgan fingerprint density at radius 3 is 2.52 bits per heavy atom. The Hall–Kier alpha value is -1.89.